The maximum absolute atomic E-state index is 9.83. The molecule has 5 heteroatoms. The van der Waals surface area contributed by atoms with E-state index in [1.807, 2.05) is 33.8 Å². The highest BCUT2D eigenvalue weighted by molar-refractivity contribution is 4.78. The highest BCUT2D eigenvalue weighted by Gasteiger charge is 2.20. The van der Waals surface area contributed by atoms with Gasteiger partial charge in [-0.25, -0.2) is 0 Å². The lowest BCUT2D eigenvalue weighted by molar-refractivity contribution is -0.192. The van der Waals surface area contributed by atoms with Crippen LogP contribution in [0.4, 0.5) is 0 Å². The summed E-state index contributed by atoms with van der Waals surface area (Å²) in [6, 6.07) is 1.81. The Balaban J connectivity index is 0.00000121. The maximum atomic E-state index is 9.83. The van der Waals surface area contributed by atoms with Crippen LogP contribution in [0.25, 0.3) is 0 Å². The van der Waals surface area contributed by atoms with Crippen molar-refractivity contribution in [2.45, 2.75) is 46.6 Å². The van der Waals surface area contributed by atoms with Crippen LogP contribution in [0.2, 0.25) is 0 Å². The van der Waals surface area contributed by atoms with Gasteiger partial charge in [-0.05, 0) is 19.9 Å². The van der Waals surface area contributed by atoms with E-state index in [0.717, 1.165) is 0 Å². The lowest BCUT2D eigenvalue weighted by atomic mass is 10.3. The summed E-state index contributed by atoms with van der Waals surface area (Å²) < 4.78 is 12.2. The molecule has 0 bridgehead atoms. The topological polar surface area (TPSA) is 56.5 Å². The summed E-state index contributed by atoms with van der Waals surface area (Å²) in [4.78, 5) is 0. The quantitative estimate of drug-likeness (QED) is 0.741. The zero-order valence-electron chi connectivity index (χ0n) is 11.2. The summed E-state index contributed by atoms with van der Waals surface area (Å²) in [6.45, 7) is 9.14. The number of hydrogen-bond donors (Lipinski definition) is 1. The lowest BCUT2D eigenvalue weighted by Crippen LogP contribution is -2.35. The molecule has 0 aliphatic heterocycles. The fourth-order valence-corrected chi connectivity index (χ4v) is 1.28. The summed E-state index contributed by atoms with van der Waals surface area (Å²) in [5.41, 5.74) is 0. The molecule has 0 amide bonds. The van der Waals surface area contributed by atoms with Gasteiger partial charge in [0.25, 0.3) is 0 Å². The first-order valence-corrected chi connectivity index (χ1v) is 6.16. The van der Waals surface area contributed by atoms with Gasteiger partial charge in [0, 0.05) is 25.6 Å². The average Bonchev–Trinajstić information content (AvgIpc) is 2.84. The molecule has 1 N–H and O–H groups in total. The lowest BCUT2D eigenvalue weighted by Gasteiger charge is -2.22. The van der Waals surface area contributed by atoms with Crippen molar-refractivity contribution >= 4 is 0 Å². The van der Waals surface area contributed by atoms with Crippen LogP contribution in [0.1, 0.15) is 27.7 Å². The molecule has 100 valence electrons. The van der Waals surface area contributed by atoms with Crippen LogP contribution in [-0.4, -0.2) is 40.5 Å². The third kappa shape index (κ3) is 6.41. The maximum Gasteiger partial charge on any atom is 0.185 e. The first kappa shape index (κ1) is 16.1. The predicted molar refractivity (Wildman–Crippen MR) is 66.6 cm³/mol. The molecule has 1 aromatic rings. The van der Waals surface area contributed by atoms with E-state index in [-0.39, 0.29) is 0 Å². The van der Waals surface area contributed by atoms with Crippen LogP contribution in [-0.2, 0) is 16.0 Å². The van der Waals surface area contributed by atoms with E-state index in [1.165, 1.54) is 0 Å². The summed E-state index contributed by atoms with van der Waals surface area (Å²) in [6.07, 6.45) is 2.18. The molecule has 0 radical (unpaired) electrons. The fraction of sp³-hybridized carbons (Fsp3) is 0.750. The molecular formula is C12H24N2O3. The van der Waals surface area contributed by atoms with Gasteiger partial charge in [0.15, 0.2) is 6.29 Å². The van der Waals surface area contributed by atoms with Crippen LogP contribution in [0, 0.1) is 0 Å². The number of rotatable bonds is 7. The van der Waals surface area contributed by atoms with E-state index in [1.54, 1.807) is 17.1 Å². The minimum absolute atomic E-state index is 0.373. The Labute approximate surface area is 103 Å². The van der Waals surface area contributed by atoms with Gasteiger partial charge >= 0.3 is 0 Å². The van der Waals surface area contributed by atoms with Crippen molar-refractivity contribution < 1.29 is 14.6 Å². The Kier molecular flexibility index (Phi) is 9.71. The third-order valence-electron chi connectivity index (χ3n) is 1.91. The number of hydrogen-bond acceptors (Lipinski definition) is 4. The van der Waals surface area contributed by atoms with Gasteiger partial charge in [0.05, 0.1) is 6.54 Å². The highest BCUT2D eigenvalue weighted by atomic mass is 16.7. The second-order valence-corrected chi connectivity index (χ2v) is 3.07. The first-order chi connectivity index (χ1) is 8.27. The SMILES string of the molecule is CC.CCOC(OCC)C(O)Cn1cccn1. The van der Waals surface area contributed by atoms with Gasteiger partial charge in [-0.3, -0.25) is 4.68 Å². The molecule has 1 heterocycles. The molecule has 0 aliphatic carbocycles. The van der Waals surface area contributed by atoms with Crippen molar-refractivity contribution in [1.29, 1.82) is 0 Å². The standard InChI is InChI=1S/C10H18N2O3.C2H6/c1-3-14-10(15-4-2)9(13)8-12-7-5-6-11-12;1-2/h5-7,9-10,13H,3-4,8H2,1-2H3;1-2H3. The van der Waals surface area contributed by atoms with Gasteiger partial charge < -0.3 is 14.6 Å². The molecule has 1 rings (SSSR count). The largest absolute Gasteiger partial charge is 0.386 e. The molecule has 1 unspecified atom stereocenters. The molecular weight excluding hydrogens is 220 g/mol. The summed E-state index contributed by atoms with van der Waals surface area (Å²) in [7, 11) is 0. The van der Waals surface area contributed by atoms with Gasteiger partial charge in [-0.15, -0.1) is 0 Å². The van der Waals surface area contributed by atoms with Crippen LogP contribution in [0.15, 0.2) is 18.5 Å². The zero-order chi connectivity index (χ0) is 13.1. The minimum Gasteiger partial charge on any atom is -0.386 e. The van der Waals surface area contributed by atoms with Crippen LogP contribution in [0.3, 0.4) is 0 Å². The molecule has 1 atom stereocenters. The number of aliphatic hydroxyl groups excluding tert-OH is 1. The summed E-state index contributed by atoms with van der Waals surface area (Å²) >= 11 is 0. The molecule has 0 saturated carbocycles. The van der Waals surface area contributed by atoms with Crippen LogP contribution >= 0.6 is 0 Å². The predicted octanol–water partition coefficient (Wildman–Crippen LogP) is 1.67. The van der Waals surface area contributed by atoms with E-state index < -0.39 is 12.4 Å². The summed E-state index contributed by atoms with van der Waals surface area (Å²) in [5, 5.41) is 13.8. The van der Waals surface area contributed by atoms with Crippen LogP contribution < -0.4 is 0 Å². The molecule has 0 aliphatic rings. The Bertz CT molecular complexity index is 246. The van der Waals surface area contributed by atoms with Gasteiger partial charge in [0.1, 0.15) is 6.10 Å². The van der Waals surface area contributed by atoms with Gasteiger partial charge in [-0.2, -0.15) is 5.10 Å². The number of aromatic nitrogens is 2. The van der Waals surface area contributed by atoms with Crippen LogP contribution in [0.5, 0.6) is 0 Å². The molecule has 0 spiro atoms. The van der Waals surface area contributed by atoms with Crippen molar-refractivity contribution in [1.82, 2.24) is 9.78 Å². The van der Waals surface area contributed by atoms with E-state index >= 15 is 0 Å². The second-order valence-electron chi connectivity index (χ2n) is 3.07. The Hall–Kier alpha value is -0.910. The average molecular weight is 244 g/mol. The monoisotopic (exact) mass is 244 g/mol. The fourth-order valence-electron chi connectivity index (χ4n) is 1.28. The van der Waals surface area contributed by atoms with Crippen molar-refractivity contribution in [3.8, 4) is 0 Å². The molecule has 17 heavy (non-hydrogen) atoms. The molecule has 0 fully saturated rings. The Morgan fingerprint density at radius 3 is 2.24 bits per heavy atom. The molecule has 5 nitrogen and oxygen atoms in total. The van der Waals surface area contributed by atoms with Crippen molar-refractivity contribution in [2.24, 2.45) is 0 Å². The zero-order valence-corrected chi connectivity index (χ0v) is 11.2. The van der Waals surface area contributed by atoms with Crippen molar-refractivity contribution in [3.05, 3.63) is 18.5 Å². The Morgan fingerprint density at radius 1 is 1.24 bits per heavy atom. The van der Waals surface area contributed by atoms with E-state index in [2.05, 4.69) is 5.10 Å². The van der Waals surface area contributed by atoms with Crippen molar-refractivity contribution in [2.75, 3.05) is 13.2 Å². The minimum atomic E-state index is -0.704. The number of ether oxygens (including phenoxy) is 2. The highest BCUT2D eigenvalue weighted by Crippen LogP contribution is 2.04. The van der Waals surface area contributed by atoms with E-state index in [4.69, 9.17) is 9.47 Å². The molecule has 1 aromatic heterocycles. The van der Waals surface area contributed by atoms with E-state index in [9.17, 15) is 5.11 Å². The van der Waals surface area contributed by atoms with Crippen molar-refractivity contribution in [3.63, 3.8) is 0 Å². The van der Waals surface area contributed by atoms with Gasteiger partial charge in [-0.1, -0.05) is 13.8 Å². The normalized spacial score (nSPS) is 12.1. The molecule has 0 saturated heterocycles. The number of aliphatic hydroxyl groups is 1. The second kappa shape index (κ2) is 10.3. The van der Waals surface area contributed by atoms with E-state index in [0.29, 0.717) is 19.8 Å². The summed E-state index contributed by atoms with van der Waals surface area (Å²) in [5.74, 6) is 0. The smallest absolute Gasteiger partial charge is 0.185 e. The molecule has 0 aromatic carbocycles. The first-order valence-electron chi connectivity index (χ1n) is 6.16. The third-order valence-corrected chi connectivity index (χ3v) is 1.91. The number of nitrogens with zero attached hydrogens (tertiary/aromatic N) is 2. The van der Waals surface area contributed by atoms with Gasteiger partial charge in [0.2, 0.25) is 0 Å². The Morgan fingerprint density at radius 2 is 1.82 bits per heavy atom.